The lowest BCUT2D eigenvalue weighted by molar-refractivity contribution is 0.403. The second kappa shape index (κ2) is 6.08. The normalized spacial score (nSPS) is 11.6. The van der Waals surface area contributed by atoms with Crippen molar-refractivity contribution < 1.29 is 13.2 Å². The Balaban J connectivity index is 2.05. The van der Waals surface area contributed by atoms with E-state index in [4.69, 9.17) is 4.74 Å². The number of nitrogens with one attached hydrogen (secondary N) is 1. The van der Waals surface area contributed by atoms with Crippen molar-refractivity contribution in [2.24, 2.45) is 0 Å². The van der Waals surface area contributed by atoms with Gasteiger partial charge in [0.15, 0.2) is 26.8 Å². The van der Waals surface area contributed by atoms with Crippen LogP contribution in [0.4, 0.5) is 11.5 Å². The van der Waals surface area contributed by atoms with Gasteiger partial charge >= 0.3 is 0 Å². The van der Waals surface area contributed by atoms with Gasteiger partial charge in [0, 0.05) is 18.5 Å². The fourth-order valence-electron chi connectivity index (χ4n) is 2.38. The molecule has 0 saturated carbocycles. The minimum absolute atomic E-state index is 0.111. The van der Waals surface area contributed by atoms with Crippen LogP contribution in [0.1, 0.15) is 6.92 Å². The molecule has 0 aliphatic rings. The molecule has 1 N–H and O–H groups in total. The Morgan fingerprint density at radius 2 is 2.04 bits per heavy atom. The molecular formula is C15H17N5O3S. The lowest BCUT2D eigenvalue weighted by atomic mass is 10.3. The average Bonchev–Trinajstić information content (AvgIpc) is 2.98. The predicted octanol–water partition coefficient (Wildman–Crippen LogP) is 2.00. The minimum atomic E-state index is -3.42. The lowest BCUT2D eigenvalue weighted by Crippen LogP contribution is -2.03. The van der Waals surface area contributed by atoms with Gasteiger partial charge in [0.1, 0.15) is 17.0 Å². The minimum Gasteiger partial charge on any atom is -0.495 e. The predicted molar refractivity (Wildman–Crippen MR) is 90.4 cm³/mol. The number of ether oxygens (including phenoxy) is 1. The van der Waals surface area contributed by atoms with Gasteiger partial charge in [-0.1, -0.05) is 0 Å². The summed E-state index contributed by atoms with van der Waals surface area (Å²) in [5, 5.41) is 3.10. The molecule has 0 spiro atoms. The first kappa shape index (κ1) is 16.2. The molecule has 2 heterocycles. The maximum atomic E-state index is 11.9. The van der Waals surface area contributed by atoms with Gasteiger partial charge in [0.25, 0.3) is 0 Å². The topological polar surface area (TPSA) is 99.0 Å². The standard InChI is InChI=1S/C15H17N5O3S/c1-4-20-9-18-13-14(16-8-17-15(13)20)19-10-5-6-11(23-2)12(7-10)24(3,21)22/h5-9H,4H2,1-3H3,(H,16,17,19). The highest BCUT2D eigenvalue weighted by atomic mass is 32.2. The quantitative estimate of drug-likeness (QED) is 0.753. The molecule has 3 rings (SSSR count). The van der Waals surface area contributed by atoms with Crippen molar-refractivity contribution in [3.8, 4) is 5.75 Å². The summed E-state index contributed by atoms with van der Waals surface area (Å²) in [6.45, 7) is 2.74. The van der Waals surface area contributed by atoms with Gasteiger partial charge in [-0.3, -0.25) is 0 Å². The van der Waals surface area contributed by atoms with E-state index < -0.39 is 9.84 Å². The molecule has 24 heavy (non-hydrogen) atoms. The molecule has 0 amide bonds. The number of rotatable bonds is 5. The number of hydrogen-bond acceptors (Lipinski definition) is 7. The number of nitrogens with zero attached hydrogens (tertiary/aromatic N) is 4. The van der Waals surface area contributed by atoms with Gasteiger partial charge in [0.2, 0.25) is 0 Å². The maximum absolute atomic E-state index is 11.9. The van der Waals surface area contributed by atoms with Crippen LogP contribution in [0, 0.1) is 0 Å². The Morgan fingerprint density at radius 1 is 1.25 bits per heavy atom. The number of benzene rings is 1. The lowest BCUT2D eigenvalue weighted by Gasteiger charge is -2.11. The number of aryl methyl sites for hydroxylation is 1. The molecule has 126 valence electrons. The summed E-state index contributed by atoms with van der Waals surface area (Å²) in [4.78, 5) is 12.9. The van der Waals surface area contributed by atoms with Crippen LogP contribution in [-0.2, 0) is 16.4 Å². The van der Waals surface area contributed by atoms with E-state index in [1.54, 1.807) is 18.5 Å². The molecule has 0 atom stereocenters. The Bertz CT molecular complexity index is 998. The van der Waals surface area contributed by atoms with Crippen molar-refractivity contribution in [1.29, 1.82) is 0 Å². The van der Waals surface area contributed by atoms with Crippen LogP contribution in [0.2, 0.25) is 0 Å². The van der Waals surface area contributed by atoms with Crippen molar-refractivity contribution in [2.75, 3.05) is 18.7 Å². The van der Waals surface area contributed by atoms with E-state index in [9.17, 15) is 8.42 Å². The fraction of sp³-hybridized carbons (Fsp3) is 0.267. The number of anilines is 2. The average molecular weight is 347 g/mol. The third kappa shape index (κ3) is 2.90. The third-order valence-corrected chi connectivity index (χ3v) is 4.69. The summed E-state index contributed by atoms with van der Waals surface area (Å²) in [5.74, 6) is 0.808. The van der Waals surface area contributed by atoms with Crippen molar-refractivity contribution in [1.82, 2.24) is 19.5 Å². The first-order chi connectivity index (χ1) is 11.4. The van der Waals surface area contributed by atoms with Crippen LogP contribution in [0.5, 0.6) is 5.75 Å². The van der Waals surface area contributed by atoms with Gasteiger partial charge in [-0.25, -0.2) is 23.4 Å². The largest absolute Gasteiger partial charge is 0.495 e. The van der Waals surface area contributed by atoms with E-state index in [0.29, 0.717) is 28.4 Å². The fourth-order valence-corrected chi connectivity index (χ4v) is 3.24. The number of sulfone groups is 1. The van der Waals surface area contributed by atoms with E-state index in [1.165, 1.54) is 19.5 Å². The van der Waals surface area contributed by atoms with Gasteiger partial charge in [-0.15, -0.1) is 0 Å². The third-order valence-electron chi connectivity index (χ3n) is 3.57. The molecule has 2 aromatic heterocycles. The highest BCUT2D eigenvalue weighted by Gasteiger charge is 2.16. The van der Waals surface area contributed by atoms with Crippen LogP contribution in [-0.4, -0.2) is 41.3 Å². The van der Waals surface area contributed by atoms with E-state index in [2.05, 4.69) is 20.3 Å². The zero-order chi connectivity index (χ0) is 17.3. The summed E-state index contributed by atoms with van der Waals surface area (Å²) in [6, 6.07) is 4.83. The Hall–Kier alpha value is -2.68. The molecule has 0 radical (unpaired) electrons. The molecule has 0 aliphatic heterocycles. The molecule has 3 aromatic rings. The van der Waals surface area contributed by atoms with E-state index in [-0.39, 0.29) is 4.90 Å². The van der Waals surface area contributed by atoms with Crippen LogP contribution in [0.15, 0.2) is 35.7 Å². The number of fused-ring (bicyclic) bond motifs is 1. The van der Waals surface area contributed by atoms with E-state index >= 15 is 0 Å². The van der Waals surface area contributed by atoms with Crippen LogP contribution in [0.25, 0.3) is 11.2 Å². The monoisotopic (exact) mass is 347 g/mol. The number of methoxy groups -OCH3 is 1. The molecule has 1 aromatic carbocycles. The number of aromatic nitrogens is 4. The zero-order valence-corrected chi connectivity index (χ0v) is 14.3. The molecule has 0 aliphatic carbocycles. The molecule has 0 unspecified atom stereocenters. The second-order valence-corrected chi connectivity index (χ2v) is 7.17. The highest BCUT2D eigenvalue weighted by Crippen LogP contribution is 2.29. The van der Waals surface area contributed by atoms with Gasteiger partial charge in [-0.2, -0.15) is 0 Å². The van der Waals surface area contributed by atoms with Crippen molar-refractivity contribution in [3.63, 3.8) is 0 Å². The number of imidazole rings is 1. The molecule has 8 nitrogen and oxygen atoms in total. The summed E-state index contributed by atoms with van der Waals surface area (Å²) < 4.78 is 30.9. The summed E-state index contributed by atoms with van der Waals surface area (Å²) in [5.41, 5.74) is 1.91. The van der Waals surface area contributed by atoms with E-state index in [0.717, 1.165) is 12.8 Å². The molecule has 9 heteroatoms. The smallest absolute Gasteiger partial charge is 0.179 e. The summed E-state index contributed by atoms with van der Waals surface area (Å²) in [6.07, 6.45) is 4.28. The second-order valence-electron chi connectivity index (χ2n) is 5.19. The molecule has 0 fully saturated rings. The summed E-state index contributed by atoms with van der Waals surface area (Å²) >= 11 is 0. The highest BCUT2D eigenvalue weighted by molar-refractivity contribution is 7.90. The molecule has 0 bridgehead atoms. The number of hydrogen-bond donors (Lipinski definition) is 1. The maximum Gasteiger partial charge on any atom is 0.179 e. The van der Waals surface area contributed by atoms with Crippen molar-refractivity contribution in [2.45, 2.75) is 18.4 Å². The van der Waals surface area contributed by atoms with Crippen molar-refractivity contribution in [3.05, 3.63) is 30.9 Å². The van der Waals surface area contributed by atoms with Gasteiger partial charge in [0.05, 0.1) is 13.4 Å². The first-order valence-electron chi connectivity index (χ1n) is 7.25. The Morgan fingerprint density at radius 3 is 2.71 bits per heavy atom. The van der Waals surface area contributed by atoms with Gasteiger partial charge < -0.3 is 14.6 Å². The SMILES string of the molecule is CCn1cnc2c(Nc3ccc(OC)c(S(C)(=O)=O)c3)ncnc21. The summed E-state index contributed by atoms with van der Waals surface area (Å²) in [7, 11) is -1.99. The Kier molecular flexibility index (Phi) is 4.10. The first-order valence-corrected chi connectivity index (χ1v) is 9.14. The Labute approximate surface area is 139 Å². The van der Waals surface area contributed by atoms with Gasteiger partial charge in [-0.05, 0) is 25.1 Å². The van der Waals surface area contributed by atoms with Crippen LogP contribution < -0.4 is 10.1 Å². The molecular weight excluding hydrogens is 330 g/mol. The molecule has 0 saturated heterocycles. The zero-order valence-electron chi connectivity index (χ0n) is 13.5. The van der Waals surface area contributed by atoms with Crippen molar-refractivity contribution >= 4 is 32.5 Å². The van der Waals surface area contributed by atoms with Crippen LogP contribution >= 0.6 is 0 Å². The van der Waals surface area contributed by atoms with E-state index in [1.807, 2.05) is 11.5 Å². The van der Waals surface area contributed by atoms with Crippen LogP contribution in [0.3, 0.4) is 0 Å².